The van der Waals surface area contributed by atoms with Gasteiger partial charge in [-0.15, -0.1) is 0 Å². The number of fused-ring (bicyclic) bond motifs is 1. The number of piperazine rings is 1. The van der Waals surface area contributed by atoms with Gasteiger partial charge in [0.15, 0.2) is 15.0 Å². The fraction of sp³-hybridized carbons (Fsp3) is 0.368. The van der Waals surface area contributed by atoms with Gasteiger partial charge in [-0.1, -0.05) is 17.4 Å². The maximum absolute atomic E-state index is 12.7. The highest BCUT2D eigenvalue weighted by Gasteiger charge is 2.26. The number of amides is 1. The lowest BCUT2D eigenvalue weighted by molar-refractivity contribution is 0.0745. The first-order valence-electron chi connectivity index (χ1n) is 8.95. The topological polar surface area (TPSA) is 83.7 Å². The number of anilines is 1. The van der Waals surface area contributed by atoms with E-state index in [2.05, 4.69) is 9.88 Å². The summed E-state index contributed by atoms with van der Waals surface area (Å²) in [6.45, 7) is 6.09. The molecule has 0 unspecified atom stereocenters. The van der Waals surface area contributed by atoms with E-state index in [4.69, 9.17) is 4.42 Å². The van der Waals surface area contributed by atoms with Crippen LogP contribution in [0.5, 0.6) is 0 Å². The first-order valence-corrected chi connectivity index (χ1v) is 11.7. The second-order valence-electron chi connectivity index (χ2n) is 6.98. The van der Waals surface area contributed by atoms with Gasteiger partial charge in [-0.2, -0.15) is 0 Å². The third kappa shape index (κ3) is 3.40. The van der Waals surface area contributed by atoms with Crippen LogP contribution in [0, 0.1) is 13.8 Å². The highest BCUT2D eigenvalue weighted by Crippen LogP contribution is 2.33. The van der Waals surface area contributed by atoms with E-state index in [9.17, 15) is 13.2 Å². The van der Waals surface area contributed by atoms with Gasteiger partial charge in [-0.3, -0.25) is 4.79 Å². The predicted octanol–water partition coefficient (Wildman–Crippen LogP) is 2.87. The molecule has 4 rings (SSSR count). The molecule has 0 saturated carbocycles. The Hall–Kier alpha value is -2.39. The largest absolute Gasteiger partial charge is 0.466 e. The zero-order chi connectivity index (χ0) is 20.1. The fourth-order valence-electron chi connectivity index (χ4n) is 3.46. The quantitative estimate of drug-likeness (QED) is 0.649. The number of furan rings is 1. The number of rotatable bonds is 3. The maximum atomic E-state index is 12.7. The number of carbonyl (C=O) groups is 1. The Morgan fingerprint density at radius 1 is 1.18 bits per heavy atom. The third-order valence-corrected chi connectivity index (χ3v) is 7.09. The molecule has 1 aliphatic heterocycles. The normalized spacial score (nSPS) is 15.4. The van der Waals surface area contributed by atoms with E-state index in [0.717, 1.165) is 15.6 Å². The molecule has 0 aliphatic carbocycles. The van der Waals surface area contributed by atoms with Gasteiger partial charge in [0.25, 0.3) is 5.91 Å². The Bertz CT molecular complexity index is 1160. The van der Waals surface area contributed by atoms with Gasteiger partial charge in [0.1, 0.15) is 17.0 Å². The average Bonchev–Trinajstić information content (AvgIpc) is 3.22. The Kier molecular flexibility index (Phi) is 4.67. The number of thiazole rings is 1. The van der Waals surface area contributed by atoms with Crippen LogP contribution >= 0.6 is 11.3 Å². The van der Waals surface area contributed by atoms with Gasteiger partial charge in [-0.05, 0) is 32.0 Å². The van der Waals surface area contributed by atoms with E-state index in [1.807, 2.05) is 17.9 Å². The van der Waals surface area contributed by atoms with Crippen LogP contribution in [0.3, 0.4) is 0 Å². The number of para-hydroxylation sites is 1. The molecule has 0 N–H and O–H groups in total. The number of nitrogens with zero attached hydrogens (tertiary/aromatic N) is 3. The van der Waals surface area contributed by atoms with Crippen molar-refractivity contribution in [3.05, 3.63) is 41.3 Å². The second-order valence-corrected chi connectivity index (χ2v) is 9.97. The number of sulfone groups is 1. The summed E-state index contributed by atoms with van der Waals surface area (Å²) in [5.41, 5.74) is 1.14. The Balaban J connectivity index is 1.53. The molecule has 0 bridgehead atoms. The number of aromatic nitrogens is 1. The highest BCUT2D eigenvalue weighted by molar-refractivity contribution is 7.91. The summed E-state index contributed by atoms with van der Waals surface area (Å²) < 4.78 is 30.3. The van der Waals surface area contributed by atoms with Gasteiger partial charge in [0, 0.05) is 32.4 Å². The van der Waals surface area contributed by atoms with Crippen molar-refractivity contribution >= 4 is 42.4 Å². The van der Waals surface area contributed by atoms with Gasteiger partial charge in [0.2, 0.25) is 0 Å². The van der Waals surface area contributed by atoms with Crippen molar-refractivity contribution in [3.63, 3.8) is 0 Å². The number of hydrogen-bond donors (Lipinski definition) is 0. The van der Waals surface area contributed by atoms with Gasteiger partial charge in [0.05, 0.1) is 15.2 Å². The Labute approximate surface area is 167 Å². The van der Waals surface area contributed by atoms with Gasteiger partial charge >= 0.3 is 0 Å². The van der Waals surface area contributed by atoms with Crippen molar-refractivity contribution in [1.82, 2.24) is 9.88 Å². The molecular weight excluding hydrogens is 398 g/mol. The number of carbonyl (C=O) groups excluding carboxylic acids is 1. The van der Waals surface area contributed by atoms with Crippen LogP contribution < -0.4 is 4.90 Å². The standard InChI is InChI=1S/C19H21N3O4S2/c1-12-11-14(13(2)26-12)18(23)21-7-9-22(10-8-21)19-20-17-15(27-19)5-4-6-16(17)28(3,24)25/h4-6,11H,7-10H2,1-3H3. The minimum absolute atomic E-state index is 0.0161. The lowest BCUT2D eigenvalue weighted by Crippen LogP contribution is -2.48. The van der Waals surface area contributed by atoms with Crippen LogP contribution in [0.25, 0.3) is 10.2 Å². The molecule has 3 heterocycles. The van der Waals surface area contributed by atoms with Crippen molar-refractivity contribution in [1.29, 1.82) is 0 Å². The van der Waals surface area contributed by atoms with Crippen molar-refractivity contribution in [2.45, 2.75) is 18.7 Å². The van der Waals surface area contributed by atoms with Crippen LogP contribution in [-0.2, 0) is 9.84 Å². The fourth-order valence-corrected chi connectivity index (χ4v) is 5.40. The summed E-state index contributed by atoms with van der Waals surface area (Å²) in [5.74, 6) is 1.36. The number of benzene rings is 1. The van der Waals surface area contributed by atoms with E-state index in [0.29, 0.717) is 43.0 Å². The monoisotopic (exact) mass is 419 g/mol. The summed E-state index contributed by atoms with van der Waals surface area (Å²) >= 11 is 1.48. The van der Waals surface area contributed by atoms with Gasteiger partial charge in [-0.25, -0.2) is 13.4 Å². The first kappa shape index (κ1) is 18.9. The van der Waals surface area contributed by atoms with E-state index in [1.165, 1.54) is 17.6 Å². The van der Waals surface area contributed by atoms with Gasteiger partial charge < -0.3 is 14.2 Å². The molecule has 0 radical (unpaired) electrons. The summed E-state index contributed by atoms with van der Waals surface area (Å²) in [6.07, 6.45) is 1.20. The molecule has 9 heteroatoms. The average molecular weight is 420 g/mol. The molecule has 1 amide bonds. The van der Waals surface area contributed by atoms with Crippen LogP contribution in [0.2, 0.25) is 0 Å². The lowest BCUT2D eigenvalue weighted by Gasteiger charge is -2.34. The maximum Gasteiger partial charge on any atom is 0.257 e. The molecule has 2 aromatic heterocycles. The van der Waals surface area contributed by atoms with Crippen molar-refractivity contribution in [2.24, 2.45) is 0 Å². The third-order valence-electron chi connectivity index (χ3n) is 4.88. The highest BCUT2D eigenvalue weighted by atomic mass is 32.2. The van der Waals surface area contributed by atoms with E-state index >= 15 is 0 Å². The minimum atomic E-state index is -3.34. The summed E-state index contributed by atoms with van der Waals surface area (Å²) in [7, 11) is -3.34. The first-order chi connectivity index (χ1) is 13.2. The van der Waals surface area contributed by atoms with Crippen molar-refractivity contribution in [2.75, 3.05) is 37.3 Å². The molecule has 1 saturated heterocycles. The molecule has 0 spiro atoms. The SMILES string of the molecule is Cc1cc(C(=O)N2CCN(c3nc4c(S(C)(=O)=O)cccc4s3)CC2)c(C)o1. The lowest BCUT2D eigenvalue weighted by atomic mass is 10.2. The van der Waals surface area contributed by atoms with Crippen molar-refractivity contribution in [3.8, 4) is 0 Å². The van der Waals surface area contributed by atoms with E-state index < -0.39 is 9.84 Å². The molecule has 1 aliphatic rings. The summed E-state index contributed by atoms with van der Waals surface area (Å²) in [6, 6.07) is 7.00. The smallest absolute Gasteiger partial charge is 0.257 e. The minimum Gasteiger partial charge on any atom is -0.466 e. The molecule has 3 aromatic rings. The molecule has 1 fully saturated rings. The summed E-state index contributed by atoms with van der Waals surface area (Å²) in [4.78, 5) is 21.5. The number of hydrogen-bond acceptors (Lipinski definition) is 7. The second kappa shape index (κ2) is 6.89. The number of aryl methyl sites for hydroxylation is 2. The molecular formula is C19H21N3O4S2. The van der Waals surface area contributed by atoms with Crippen LogP contribution in [-0.4, -0.2) is 56.6 Å². The van der Waals surface area contributed by atoms with Crippen LogP contribution in [0.4, 0.5) is 5.13 Å². The molecule has 28 heavy (non-hydrogen) atoms. The van der Waals surface area contributed by atoms with Crippen LogP contribution in [0.15, 0.2) is 33.6 Å². The Morgan fingerprint density at radius 3 is 2.50 bits per heavy atom. The molecule has 1 aromatic carbocycles. The Morgan fingerprint density at radius 2 is 1.89 bits per heavy atom. The van der Waals surface area contributed by atoms with E-state index in [1.54, 1.807) is 25.1 Å². The summed E-state index contributed by atoms with van der Waals surface area (Å²) in [5, 5.41) is 0.786. The van der Waals surface area contributed by atoms with Crippen molar-refractivity contribution < 1.29 is 17.6 Å². The zero-order valence-corrected chi connectivity index (χ0v) is 17.6. The zero-order valence-electron chi connectivity index (χ0n) is 15.9. The molecule has 7 nitrogen and oxygen atoms in total. The van der Waals surface area contributed by atoms with Crippen LogP contribution in [0.1, 0.15) is 21.9 Å². The van der Waals surface area contributed by atoms with E-state index in [-0.39, 0.29) is 10.8 Å². The predicted molar refractivity (Wildman–Crippen MR) is 109 cm³/mol. The molecule has 148 valence electrons. The molecule has 0 atom stereocenters.